The molecule has 0 aromatic heterocycles. The van der Waals surface area contributed by atoms with Gasteiger partial charge >= 0.3 is 11.8 Å². The van der Waals surface area contributed by atoms with Crippen molar-refractivity contribution >= 4 is 17.7 Å². The van der Waals surface area contributed by atoms with Gasteiger partial charge in [0.25, 0.3) is 0 Å². The maximum Gasteiger partial charge on any atom is 0.311 e. The van der Waals surface area contributed by atoms with Gasteiger partial charge in [-0.3, -0.25) is 14.4 Å². The van der Waals surface area contributed by atoms with Crippen molar-refractivity contribution in [2.24, 2.45) is 11.7 Å². The van der Waals surface area contributed by atoms with Crippen molar-refractivity contribution in [3.8, 4) is 0 Å². The number of likely N-dealkylation sites (tertiary alicyclic amines) is 1. The lowest BCUT2D eigenvalue weighted by Crippen LogP contribution is -2.48. The van der Waals surface area contributed by atoms with Crippen LogP contribution < -0.4 is 11.1 Å². The van der Waals surface area contributed by atoms with Gasteiger partial charge in [-0.1, -0.05) is 0 Å². The van der Waals surface area contributed by atoms with Crippen molar-refractivity contribution in [2.75, 3.05) is 40.3 Å². The SMILES string of the molecule is CN(C)CCNC(=O)C(=O)N1CCC(C(N)=O)CC1. The fourth-order valence-corrected chi connectivity index (χ4v) is 1.98. The fourth-order valence-electron chi connectivity index (χ4n) is 1.98. The summed E-state index contributed by atoms with van der Waals surface area (Å²) in [4.78, 5) is 37.9. The molecular formula is C12H22N4O3. The van der Waals surface area contributed by atoms with Gasteiger partial charge in [0.05, 0.1) is 0 Å². The number of nitrogens with zero attached hydrogens (tertiary/aromatic N) is 2. The van der Waals surface area contributed by atoms with Gasteiger partial charge in [0.15, 0.2) is 0 Å². The van der Waals surface area contributed by atoms with E-state index >= 15 is 0 Å². The van der Waals surface area contributed by atoms with E-state index < -0.39 is 11.8 Å². The van der Waals surface area contributed by atoms with Gasteiger partial charge in [-0.05, 0) is 26.9 Å². The third-order valence-electron chi connectivity index (χ3n) is 3.22. The molecule has 3 amide bonds. The molecular weight excluding hydrogens is 248 g/mol. The summed E-state index contributed by atoms with van der Waals surface area (Å²) in [5.41, 5.74) is 5.22. The van der Waals surface area contributed by atoms with E-state index in [1.54, 1.807) is 0 Å². The molecule has 19 heavy (non-hydrogen) atoms. The van der Waals surface area contributed by atoms with Crippen molar-refractivity contribution in [3.05, 3.63) is 0 Å². The van der Waals surface area contributed by atoms with Crippen molar-refractivity contribution in [3.63, 3.8) is 0 Å². The summed E-state index contributed by atoms with van der Waals surface area (Å²) in [6.45, 7) is 1.94. The van der Waals surface area contributed by atoms with Crippen molar-refractivity contribution < 1.29 is 14.4 Å². The second-order valence-corrected chi connectivity index (χ2v) is 5.03. The van der Waals surface area contributed by atoms with Crippen LogP contribution in [-0.4, -0.2) is 67.8 Å². The summed E-state index contributed by atoms with van der Waals surface area (Å²) < 4.78 is 0. The molecule has 3 N–H and O–H groups in total. The molecule has 1 saturated heterocycles. The summed E-state index contributed by atoms with van der Waals surface area (Å²) in [6, 6.07) is 0. The van der Waals surface area contributed by atoms with Crippen LogP contribution in [0.5, 0.6) is 0 Å². The van der Waals surface area contributed by atoms with Crippen LogP contribution in [0, 0.1) is 5.92 Å². The lowest BCUT2D eigenvalue weighted by atomic mass is 9.96. The predicted molar refractivity (Wildman–Crippen MR) is 70.1 cm³/mol. The minimum Gasteiger partial charge on any atom is -0.369 e. The van der Waals surface area contributed by atoms with Crippen LogP contribution in [0.15, 0.2) is 0 Å². The molecule has 0 atom stereocenters. The quantitative estimate of drug-likeness (QED) is 0.601. The lowest BCUT2D eigenvalue weighted by molar-refractivity contribution is -0.147. The summed E-state index contributed by atoms with van der Waals surface area (Å²) in [6.07, 6.45) is 1.07. The molecule has 1 aliphatic rings. The molecule has 108 valence electrons. The van der Waals surface area contributed by atoms with Gasteiger partial charge in [0, 0.05) is 32.1 Å². The Morgan fingerprint density at radius 1 is 1.26 bits per heavy atom. The third kappa shape index (κ3) is 4.86. The Labute approximate surface area is 113 Å². The minimum atomic E-state index is -0.584. The number of rotatable bonds is 4. The van der Waals surface area contributed by atoms with Crippen LogP contribution in [-0.2, 0) is 14.4 Å². The Hall–Kier alpha value is -1.63. The van der Waals surface area contributed by atoms with E-state index in [1.165, 1.54) is 4.90 Å². The highest BCUT2D eigenvalue weighted by Gasteiger charge is 2.28. The monoisotopic (exact) mass is 270 g/mol. The molecule has 7 heteroatoms. The number of likely N-dealkylation sites (N-methyl/N-ethyl adjacent to an activating group) is 1. The third-order valence-corrected chi connectivity index (χ3v) is 3.22. The first-order valence-corrected chi connectivity index (χ1v) is 6.43. The van der Waals surface area contributed by atoms with Gasteiger partial charge in [-0.2, -0.15) is 0 Å². The highest BCUT2D eigenvalue weighted by Crippen LogP contribution is 2.16. The first kappa shape index (κ1) is 15.4. The van der Waals surface area contributed by atoms with E-state index in [4.69, 9.17) is 5.73 Å². The topological polar surface area (TPSA) is 95.7 Å². The van der Waals surface area contributed by atoms with E-state index in [-0.39, 0.29) is 11.8 Å². The Kier molecular flexibility index (Phi) is 5.75. The molecule has 0 spiro atoms. The summed E-state index contributed by atoms with van der Waals surface area (Å²) in [5.74, 6) is -1.62. The van der Waals surface area contributed by atoms with Gasteiger partial charge in [-0.25, -0.2) is 0 Å². The number of hydrogen-bond acceptors (Lipinski definition) is 4. The number of carbonyl (C=O) groups is 3. The number of nitrogens with one attached hydrogen (secondary N) is 1. The van der Waals surface area contributed by atoms with E-state index in [9.17, 15) is 14.4 Å². The molecule has 0 saturated carbocycles. The smallest absolute Gasteiger partial charge is 0.311 e. The van der Waals surface area contributed by atoms with Gasteiger partial charge in [-0.15, -0.1) is 0 Å². The van der Waals surface area contributed by atoms with Crippen LogP contribution in [0.4, 0.5) is 0 Å². The zero-order valence-electron chi connectivity index (χ0n) is 11.5. The zero-order chi connectivity index (χ0) is 14.4. The maximum atomic E-state index is 11.8. The molecule has 1 aliphatic heterocycles. The number of nitrogens with two attached hydrogens (primary N) is 1. The second-order valence-electron chi connectivity index (χ2n) is 5.03. The average molecular weight is 270 g/mol. The molecule has 0 aliphatic carbocycles. The number of hydrogen-bond donors (Lipinski definition) is 2. The average Bonchev–Trinajstić information content (AvgIpc) is 2.37. The van der Waals surface area contributed by atoms with Crippen LogP contribution in [0.1, 0.15) is 12.8 Å². The fraction of sp³-hybridized carbons (Fsp3) is 0.750. The molecule has 0 radical (unpaired) electrons. The standard InChI is InChI=1S/C12H22N4O3/c1-15(2)8-5-14-11(18)12(19)16-6-3-9(4-7-16)10(13)17/h9H,3-8H2,1-2H3,(H2,13,17)(H,14,18). The second kappa shape index (κ2) is 7.08. The summed E-state index contributed by atoms with van der Waals surface area (Å²) >= 11 is 0. The van der Waals surface area contributed by atoms with Crippen LogP contribution in [0.2, 0.25) is 0 Å². The molecule has 0 unspecified atom stereocenters. The molecule has 1 fully saturated rings. The van der Waals surface area contributed by atoms with E-state index in [2.05, 4.69) is 5.32 Å². The van der Waals surface area contributed by atoms with Crippen molar-refractivity contribution in [2.45, 2.75) is 12.8 Å². The molecule has 0 aromatic carbocycles. The minimum absolute atomic E-state index is 0.180. The highest BCUT2D eigenvalue weighted by molar-refractivity contribution is 6.35. The number of carbonyl (C=O) groups excluding carboxylic acids is 3. The Balaban J connectivity index is 2.34. The van der Waals surface area contributed by atoms with Gasteiger partial charge < -0.3 is 20.9 Å². The summed E-state index contributed by atoms with van der Waals surface area (Å²) in [5, 5.41) is 2.58. The normalized spacial score (nSPS) is 16.5. The maximum absolute atomic E-state index is 11.8. The van der Waals surface area contributed by atoms with Crippen LogP contribution in [0.25, 0.3) is 0 Å². The van der Waals surface area contributed by atoms with Crippen LogP contribution in [0.3, 0.4) is 0 Å². The Bertz CT molecular complexity index is 349. The number of piperidine rings is 1. The number of amides is 3. The van der Waals surface area contributed by atoms with Gasteiger partial charge in [0.1, 0.15) is 0 Å². The van der Waals surface area contributed by atoms with Crippen molar-refractivity contribution in [1.82, 2.24) is 15.1 Å². The first-order valence-electron chi connectivity index (χ1n) is 6.43. The number of primary amides is 1. The molecule has 1 heterocycles. The molecule has 0 bridgehead atoms. The first-order chi connectivity index (χ1) is 8.91. The molecule has 7 nitrogen and oxygen atoms in total. The molecule has 1 rings (SSSR count). The Morgan fingerprint density at radius 3 is 2.32 bits per heavy atom. The lowest BCUT2D eigenvalue weighted by Gasteiger charge is -2.30. The van der Waals surface area contributed by atoms with E-state index in [0.717, 1.165) is 0 Å². The zero-order valence-corrected chi connectivity index (χ0v) is 11.5. The largest absolute Gasteiger partial charge is 0.369 e. The highest BCUT2D eigenvalue weighted by atomic mass is 16.2. The van der Waals surface area contributed by atoms with Crippen LogP contribution >= 0.6 is 0 Å². The van der Waals surface area contributed by atoms with E-state index in [1.807, 2.05) is 19.0 Å². The summed E-state index contributed by atoms with van der Waals surface area (Å²) in [7, 11) is 3.78. The van der Waals surface area contributed by atoms with Gasteiger partial charge in [0.2, 0.25) is 5.91 Å². The predicted octanol–water partition coefficient (Wildman–Crippen LogP) is -1.61. The molecule has 0 aromatic rings. The van der Waals surface area contributed by atoms with Crippen molar-refractivity contribution in [1.29, 1.82) is 0 Å². The van der Waals surface area contributed by atoms with E-state index in [0.29, 0.717) is 39.0 Å². The Morgan fingerprint density at radius 2 is 1.84 bits per heavy atom.